The molecule has 1 aromatic rings. The Morgan fingerprint density at radius 3 is 2.70 bits per heavy atom. The normalized spacial score (nSPS) is 19.4. The number of benzene rings is 1. The molecule has 1 fully saturated rings. The molecule has 112 valence electrons. The average molecular weight is 296 g/mol. The van der Waals surface area contributed by atoms with Gasteiger partial charge in [0.2, 0.25) is 0 Å². The molecule has 0 bridgehead atoms. The fourth-order valence-electron chi connectivity index (χ4n) is 2.34. The molecule has 1 saturated heterocycles. The molecular weight excluding hydrogens is 271 g/mol. The van der Waals surface area contributed by atoms with Crippen LogP contribution in [-0.4, -0.2) is 30.1 Å². The fourth-order valence-corrected chi connectivity index (χ4v) is 3.61. The van der Waals surface area contributed by atoms with Crippen LogP contribution in [0, 0.1) is 5.82 Å². The number of anilines is 1. The summed E-state index contributed by atoms with van der Waals surface area (Å²) in [7, 11) is 2.00. The van der Waals surface area contributed by atoms with E-state index in [1.807, 2.05) is 30.9 Å². The zero-order valence-corrected chi connectivity index (χ0v) is 13.7. The molecule has 1 heterocycles. The van der Waals surface area contributed by atoms with E-state index in [0.717, 1.165) is 23.4 Å². The average Bonchev–Trinajstić information content (AvgIpc) is 2.88. The van der Waals surface area contributed by atoms with Crippen molar-refractivity contribution in [3.05, 3.63) is 29.6 Å². The first kappa shape index (κ1) is 15.6. The Bertz CT molecular complexity index is 450. The molecule has 1 aromatic carbocycles. The molecule has 0 spiro atoms. The lowest BCUT2D eigenvalue weighted by molar-refractivity contribution is 0.423. The summed E-state index contributed by atoms with van der Waals surface area (Å²) in [5.41, 5.74) is 1.76. The first-order valence-corrected chi connectivity index (χ1v) is 8.36. The van der Waals surface area contributed by atoms with Gasteiger partial charge in [0.1, 0.15) is 5.82 Å². The minimum Gasteiger partial charge on any atom is -0.368 e. The van der Waals surface area contributed by atoms with Gasteiger partial charge in [0, 0.05) is 30.9 Å². The number of nitrogens with one attached hydrogen (secondary N) is 1. The molecule has 0 radical (unpaired) electrons. The van der Waals surface area contributed by atoms with Crippen molar-refractivity contribution in [3.63, 3.8) is 0 Å². The fraction of sp³-hybridized carbons (Fsp3) is 0.625. The van der Waals surface area contributed by atoms with E-state index in [1.165, 1.54) is 5.75 Å². The first-order chi connectivity index (χ1) is 9.37. The lowest BCUT2D eigenvalue weighted by Crippen LogP contribution is -2.35. The summed E-state index contributed by atoms with van der Waals surface area (Å²) in [4.78, 5) is 2.09. The predicted molar refractivity (Wildman–Crippen MR) is 87.1 cm³/mol. The maximum atomic E-state index is 14.3. The molecule has 0 aliphatic carbocycles. The van der Waals surface area contributed by atoms with E-state index in [-0.39, 0.29) is 11.4 Å². The number of halogens is 1. The Balaban J connectivity index is 2.05. The Morgan fingerprint density at radius 1 is 1.40 bits per heavy atom. The van der Waals surface area contributed by atoms with Crippen molar-refractivity contribution in [1.29, 1.82) is 0 Å². The van der Waals surface area contributed by atoms with Crippen molar-refractivity contribution >= 4 is 17.4 Å². The molecule has 4 heteroatoms. The molecule has 0 aromatic heterocycles. The molecule has 20 heavy (non-hydrogen) atoms. The molecule has 1 atom stereocenters. The third kappa shape index (κ3) is 4.13. The quantitative estimate of drug-likeness (QED) is 0.913. The van der Waals surface area contributed by atoms with Gasteiger partial charge in [0.25, 0.3) is 0 Å². The van der Waals surface area contributed by atoms with Crippen LogP contribution in [0.25, 0.3) is 0 Å². The van der Waals surface area contributed by atoms with Gasteiger partial charge in [0.05, 0.1) is 5.69 Å². The van der Waals surface area contributed by atoms with E-state index in [0.29, 0.717) is 12.6 Å². The highest BCUT2D eigenvalue weighted by atomic mass is 32.2. The molecular formula is C16H25FN2S. The van der Waals surface area contributed by atoms with Gasteiger partial charge in [-0.2, -0.15) is 11.8 Å². The van der Waals surface area contributed by atoms with E-state index in [9.17, 15) is 4.39 Å². The van der Waals surface area contributed by atoms with Crippen LogP contribution >= 0.6 is 11.8 Å². The summed E-state index contributed by atoms with van der Waals surface area (Å²) in [5, 5.41) is 3.39. The van der Waals surface area contributed by atoms with E-state index < -0.39 is 0 Å². The van der Waals surface area contributed by atoms with Crippen LogP contribution < -0.4 is 10.2 Å². The third-order valence-electron chi connectivity index (χ3n) is 3.67. The summed E-state index contributed by atoms with van der Waals surface area (Å²) >= 11 is 1.95. The minimum absolute atomic E-state index is 0.0486. The molecule has 1 unspecified atom stereocenters. The van der Waals surface area contributed by atoms with Gasteiger partial charge in [-0.1, -0.05) is 6.07 Å². The van der Waals surface area contributed by atoms with Gasteiger partial charge < -0.3 is 10.2 Å². The van der Waals surface area contributed by atoms with E-state index in [2.05, 4.69) is 31.0 Å². The Kier molecular flexibility index (Phi) is 4.97. The number of thioether (sulfide) groups is 1. The van der Waals surface area contributed by atoms with Gasteiger partial charge in [-0.25, -0.2) is 4.39 Å². The zero-order valence-electron chi connectivity index (χ0n) is 12.9. The molecule has 0 saturated carbocycles. The number of rotatable bonds is 4. The number of hydrogen-bond acceptors (Lipinski definition) is 3. The van der Waals surface area contributed by atoms with Crippen LogP contribution in [0.15, 0.2) is 18.2 Å². The third-order valence-corrected chi connectivity index (χ3v) is 4.81. The van der Waals surface area contributed by atoms with Gasteiger partial charge >= 0.3 is 0 Å². The van der Waals surface area contributed by atoms with Crippen LogP contribution in [0.4, 0.5) is 10.1 Å². The van der Waals surface area contributed by atoms with Crippen molar-refractivity contribution in [3.8, 4) is 0 Å². The predicted octanol–water partition coefficient (Wildman–Crippen LogP) is 3.66. The summed E-state index contributed by atoms with van der Waals surface area (Å²) in [5.74, 6) is 2.17. The van der Waals surface area contributed by atoms with Crippen molar-refractivity contribution in [1.82, 2.24) is 5.32 Å². The Labute approximate surface area is 126 Å². The maximum Gasteiger partial charge on any atom is 0.146 e. The van der Waals surface area contributed by atoms with Gasteiger partial charge in [0.15, 0.2) is 0 Å². The van der Waals surface area contributed by atoms with Crippen LogP contribution in [0.2, 0.25) is 0 Å². The van der Waals surface area contributed by atoms with Gasteiger partial charge in [-0.15, -0.1) is 0 Å². The minimum atomic E-state index is -0.113. The van der Waals surface area contributed by atoms with Crippen LogP contribution in [0.3, 0.4) is 0 Å². The highest BCUT2D eigenvalue weighted by molar-refractivity contribution is 7.99. The van der Waals surface area contributed by atoms with E-state index in [4.69, 9.17) is 0 Å². The van der Waals surface area contributed by atoms with Crippen molar-refractivity contribution in [2.75, 3.05) is 23.5 Å². The lowest BCUT2D eigenvalue weighted by atomic mass is 10.1. The summed E-state index contributed by atoms with van der Waals surface area (Å²) < 4.78 is 14.3. The second-order valence-electron chi connectivity index (χ2n) is 6.52. The van der Waals surface area contributed by atoms with Crippen LogP contribution in [0.5, 0.6) is 0 Å². The first-order valence-electron chi connectivity index (χ1n) is 7.21. The van der Waals surface area contributed by atoms with Crippen molar-refractivity contribution in [2.45, 2.75) is 45.3 Å². The SMILES string of the molecule is CN(c1ccc(CNC(C)(C)C)cc1F)C1CCSC1. The number of nitrogens with zero attached hydrogens (tertiary/aromatic N) is 1. The van der Waals surface area contributed by atoms with Crippen molar-refractivity contribution in [2.24, 2.45) is 0 Å². The molecule has 2 rings (SSSR count). The van der Waals surface area contributed by atoms with Crippen LogP contribution in [0.1, 0.15) is 32.8 Å². The second-order valence-corrected chi connectivity index (χ2v) is 7.67. The Hall–Kier alpha value is -0.740. The lowest BCUT2D eigenvalue weighted by Gasteiger charge is -2.27. The maximum absolute atomic E-state index is 14.3. The molecule has 0 amide bonds. The molecule has 1 aliphatic rings. The largest absolute Gasteiger partial charge is 0.368 e. The Morgan fingerprint density at radius 2 is 2.15 bits per heavy atom. The monoisotopic (exact) mass is 296 g/mol. The highest BCUT2D eigenvalue weighted by Crippen LogP contribution is 2.28. The van der Waals surface area contributed by atoms with Crippen molar-refractivity contribution < 1.29 is 4.39 Å². The smallest absolute Gasteiger partial charge is 0.146 e. The molecule has 1 aliphatic heterocycles. The molecule has 1 N–H and O–H groups in total. The summed E-state index contributed by atoms with van der Waals surface area (Å²) in [6.07, 6.45) is 1.15. The van der Waals surface area contributed by atoms with E-state index in [1.54, 1.807) is 6.07 Å². The zero-order chi connectivity index (χ0) is 14.8. The van der Waals surface area contributed by atoms with E-state index >= 15 is 0 Å². The van der Waals surface area contributed by atoms with Crippen LogP contribution in [-0.2, 0) is 6.54 Å². The number of hydrogen-bond donors (Lipinski definition) is 1. The summed E-state index contributed by atoms with van der Waals surface area (Å²) in [6.45, 7) is 7.04. The van der Waals surface area contributed by atoms with Gasteiger partial charge in [-0.3, -0.25) is 0 Å². The second kappa shape index (κ2) is 6.35. The molecule has 2 nitrogen and oxygen atoms in total. The van der Waals surface area contributed by atoms with Gasteiger partial charge in [-0.05, 0) is 50.6 Å². The summed E-state index contributed by atoms with van der Waals surface area (Å²) in [6, 6.07) is 6.06. The highest BCUT2D eigenvalue weighted by Gasteiger charge is 2.22. The topological polar surface area (TPSA) is 15.3 Å². The standard InChI is InChI=1S/C16H25FN2S/c1-16(2,3)18-10-12-5-6-15(14(17)9-12)19(4)13-7-8-20-11-13/h5-6,9,13,18H,7-8,10-11H2,1-4H3.